The van der Waals surface area contributed by atoms with E-state index in [9.17, 15) is 20.0 Å². The summed E-state index contributed by atoms with van der Waals surface area (Å²) in [6.07, 6.45) is 0.580. The van der Waals surface area contributed by atoms with Crippen LogP contribution in [-0.2, 0) is 0 Å². The van der Waals surface area contributed by atoms with Crippen molar-refractivity contribution in [2.24, 2.45) is 5.92 Å². The van der Waals surface area contributed by atoms with E-state index in [1.54, 1.807) is 0 Å². The van der Waals surface area contributed by atoms with Gasteiger partial charge < -0.3 is 10.4 Å². The van der Waals surface area contributed by atoms with Gasteiger partial charge in [-0.05, 0) is 24.5 Å². The SMILES string of the molecule is CC(C)CC(CO)NC(=O)c1cccc(Cl)c1[N+](=O)[O-]. The smallest absolute Gasteiger partial charge is 0.300 e. The summed E-state index contributed by atoms with van der Waals surface area (Å²) in [5.74, 6) is -0.333. The highest BCUT2D eigenvalue weighted by Gasteiger charge is 2.25. The molecule has 0 heterocycles. The zero-order chi connectivity index (χ0) is 15.3. The van der Waals surface area contributed by atoms with E-state index < -0.39 is 22.6 Å². The van der Waals surface area contributed by atoms with Gasteiger partial charge in [-0.2, -0.15) is 0 Å². The van der Waals surface area contributed by atoms with Crippen LogP contribution in [0.4, 0.5) is 5.69 Å². The van der Waals surface area contributed by atoms with Gasteiger partial charge in [0.25, 0.3) is 5.91 Å². The third-order valence-electron chi connectivity index (χ3n) is 2.73. The summed E-state index contributed by atoms with van der Waals surface area (Å²) < 4.78 is 0. The number of halogens is 1. The lowest BCUT2D eigenvalue weighted by Crippen LogP contribution is -2.38. The maximum absolute atomic E-state index is 12.1. The van der Waals surface area contributed by atoms with Gasteiger partial charge in [-0.15, -0.1) is 0 Å². The van der Waals surface area contributed by atoms with Gasteiger partial charge in [-0.1, -0.05) is 31.5 Å². The highest BCUT2D eigenvalue weighted by molar-refractivity contribution is 6.33. The normalized spacial score (nSPS) is 12.2. The van der Waals surface area contributed by atoms with E-state index in [0.29, 0.717) is 6.42 Å². The first-order valence-electron chi connectivity index (χ1n) is 6.21. The summed E-state index contributed by atoms with van der Waals surface area (Å²) in [5, 5.41) is 22.7. The predicted octanol–water partition coefficient (Wildman–Crippen LogP) is 2.39. The Hall–Kier alpha value is -1.66. The number of nitrogens with zero attached hydrogens (tertiary/aromatic N) is 1. The molecule has 7 heteroatoms. The second-order valence-electron chi connectivity index (χ2n) is 4.88. The number of aliphatic hydroxyl groups is 1. The molecule has 1 unspecified atom stereocenters. The zero-order valence-electron chi connectivity index (χ0n) is 11.3. The predicted molar refractivity (Wildman–Crippen MR) is 75.9 cm³/mol. The molecule has 20 heavy (non-hydrogen) atoms. The van der Waals surface area contributed by atoms with Crippen molar-refractivity contribution in [2.45, 2.75) is 26.3 Å². The maximum atomic E-state index is 12.1. The van der Waals surface area contributed by atoms with Crippen molar-refractivity contribution in [1.29, 1.82) is 0 Å². The third-order valence-corrected chi connectivity index (χ3v) is 3.03. The molecule has 0 saturated heterocycles. The highest BCUT2D eigenvalue weighted by atomic mass is 35.5. The minimum absolute atomic E-state index is 0.0907. The Bertz CT molecular complexity index is 505. The molecular weight excluding hydrogens is 284 g/mol. The van der Waals surface area contributed by atoms with Crippen molar-refractivity contribution in [3.63, 3.8) is 0 Å². The van der Waals surface area contributed by atoms with Crippen LogP contribution in [0.3, 0.4) is 0 Å². The number of carbonyl (C=O) groups excluding carboxylic acids is 1. The molecule has 0 aliphatic rings. The molecule has 1 amide bonds. The van der Waals surface area contributed by atoms with E-state index in [4.69, 9.17) is 11.6 Å². The van der Waals surface area contributed by atoms with Gasteiger partial charge >= 0.3 is 5.69 Å². The van der Waals surface area contributed by atoms with Crippen LogP contribution >= 0.6 is 11.6 Å². The van der Waals surface area contributed by atoms with Crippen LogP contribution in [0.15, 0.2) is 18.2 Å². The van der Waals surface area contributed by atoms with Crippen LogP contribution in [0.2, 0.25) is 5.02 Å². The number of hydrogen-bond acceptors (Lipinski definition) is 4. The summed E-state index contributed by atoms with van der Waals surface area (Å²) >= 11 is 5.75. The summed E-state index contributed by atoms with van der Waals surface area (Å²) in [6.45, 7) is 3.69. The van der Waals surface area contributed by atoms with E-state index in [1.165, 1.54) is 18.2 Å². The fourth-order valence-corrected chi connectivity index (χ4v) is 2.14. The Kier molecular flexibility index (Phi) is 5.91. The van der Waals surface area contributed by atoms with Gasteiger partial charge in [0.2, 0.25) is 0 Å². The second kappa shape index (κ2) is 7.21. The molecule has 110 valence electrons. The van der Waals surface area contributed by atoms with Crippen molar-refractivity contribution < 1.29 is 14.8 Å². The van der Waals surface area contributed by atoms with E-state index in [-0.39, 0.29) is 23.1 Å². The van der Waals surface area contributed by atoms with E-state index >= 15 is 0 Å². The molecule has 0 aliphatic carbocycles. The number of para-hydroxylation sites is 1. The quantitative estimate of drug-likeness (QED) is 0.623. The summed E-state index contributed by atoms with van der Waals surface area (Å²) in [6, 6.07) is 3.72. The van der Waals surface area contributed by atoms with E-state index in [0.717, 1.165) is 0 Å². The van der Waals surface area contributed by atoms with Gasteiger partial charge in [0, 0.05) is 0 Å². The van der Waals surface area contributed by atoms with Crippen molar-refractivity contribution in [3.05, 3.63) is 38.9 Å². The first kappa shape index (κ1) is 16.4. The van der Waals surface area contributed by atoms with Gasteiger partial charge in [-0.3, -0.25) is 14.9 Å². The molecule has 0 radical (unpaired) electrons. The van der Waals surface area contributed by atoms with E-state index in [2.05, 4.69) is 5.32 Å². The van der Waals surface area contributed by atoms with Crippen LogP contribution in [-0.4, -0.2) is 28.6 Å². The first-order valence-corrected chi connectivity index (χ1v) is 6.59. The number of benzene rings is 1. The Morgan fingerprint density at radius 2 is 2.15 bits per heavy atom. The number of aliphatic hydroxyl groups excluding tert-OH is 1. The highest BCUT2D eigenvalue weighted by Crippen LogP contribution is 2.28. The number of rotatable bonds is 6. The molecule has 1 aromatic rings. The van der Waals surface area contributed by atoms with Crippen LogP contribution in [0.25, 0.3) is 0 Å². The molecule has 6 nitrogen and oxygen atoms in total. The average Bonchev–Trinajstić information content (AvgIpc) is 2.36. The number of carbonyl (C=O) groups is 1. The van der Waals surface area contributed by atoms with E-state index in [1.807, 2.05) is 13.8 Å². The molecule has 0 saturated carbocycles. The molecule has 1 aromatic carbocycles. The Labute approximate surface area is 121 Å². The number of hydrogen-bond donors (Lipinski definition) is 2. The van der Waals surface area contributed by atoms with Crippen LogP contribution < -0.4 is 5.32 Å². The van der Waals surface area contributed by atoms with Crippen LogP contribution in [0, 0.1) is 16.0 Å². The fourth-order valence-electron chi connectivity index (χ4n) is 1.90. The second-order valence-corrected chi connectivity index (χ2v) is 5.28. The Balaban J connectivity index is 2.98. The van der Waals surface area contributed by atoms with Crippen molar-refractivity contribution >= 4 is 23.2 Å². The Morgan fingerprint density at radius 1 is 1.50 bits per heavy atom. The number of nitrogens with one attached hydrogen (secondary N) is 1. The van der Waals surface area contributed by atoms with Crippen LogP contribution in [0.5, 0.6) is 0 Å². The number of nitro groups is 1. The first-order chi connectivity index (χ1) is 9.36. The molecule has 1 rings (SSSR count). The Morgan fingerprint density at radius 3 is 2.65 bits per heavy atom. The van der Waals surface area contributed by atoms with Crippen molar-refractivity contribution in [3.8, 4) is 0 Å². The molecule has 0 aliphatic heterocycles. The van der Waals surface area contributed by atoms with Gasteiger partial charge in [0.1, 0.15) is 10.6 Å². The molecule has 0 aromatic heterocycles. The molecule has 1 atom stereocenters. The molecule has 0 fully saturated rings. The molecule has 0 bridgehead atoms. The lowest BCUT2D eigenvalue weighted by atomic mass is 10.0. The summed E-state index contributed by atoms with van der Waals surface area (Å²) in [7, 11) is 0. The minimum Gasteiger partial charge on any atom is -0.394 e. The maximum Gasteiger partial charge on any atom is 0.300 e. The summed E-state index contributed by atoms with van der Waals surface area (Å²) in [4.78, 5) is 22.4. The zero-order valence-corrected chi connectivity index (χ0v) is 12.1. The van der Waals surface area contributed by atoms with Crippen molar-refractivity contribution in [2.75, 3.05) is 6.61 Å². The number of amides is 1. The lowest BCUT2D eigenvalue weighted by molar-refractivity contribution is -0.385. The lowest BCUT2D eigenvalue weighted by Gasteiger charge is -2.18. The van der Waals surface area contributed by atoms with Crippen molar-refractivity contribution in [1.82, 2.24) is 5.32 Å². The van der Waals surface area contributed by atoms with Gasteiger partial charge in [0.15, 0.2) is 0 Å². The topological polar surface area (TPSA) is 92.5 Å². The molecular formula is C13H17ClN2O4. The largest absolute Gasteiger partial charge is 0.394 e. The molecule has 0 spiro atoms. The number of nitro benzene ring substituents is 1. The average molecular weight is 301 g/mol. The van der Waals surface area contributed by atoms with Gasteiger partial charge in [-0.25, -0.2) is 0 Å². The molecule has 2 N–H and O–H groups in total. The monoisotopic (exact) mass is 300 g/mol. The fraction of sp³-hybridized carbons (Fsp3) is 0.462. The van der Waals surface area contributed by atoms with Gasteiger partial charge in [0.05, 0.1) is 17.6 Å². The third kappa shape index (κ3) is 4.18. The van der Waals surface area contributed by atoms with Crippen LogP contribution in [0.1, 0.15) is 30.6 Å². The summed E-state index contributed by atoms with van der Waals surface area (Å²) in [5.41, 5.74) is -0.530. The standard InChI is InChI=1S/C13H17ClN2O4/c1-8(2)6-9(7-17)15-13(18)10-4-3-5-11(14)12(10)16(19)20/h3-5,8-9,17H,6-7H2,1-2H3,(H,15,18). The minimum atomic E-state index is -0.687.